The lowest BCUT2D eigenvalue weighted by Gasteiger charge is -2.17. The molecule has 0 spiro atoms. The van der Waals surface area contributed by atoms with E-state index in [2.05, 4.69) is 11.8 Å². The standard InChI is InChI=1S/C10H21NO/c1-3-4-10-5-6-11(8-10)7-9(2)12/h9-10,12H,3-8H2,1-2H3. The summed E-state index contributed by atoms with van der Waals surface area (Å²) in [6.07, 6.45) is 3.83. The van der Waals surface area contributed by atoms with Crippen molar-refractivity contribution in [3.05, 3.63) is 0 Å². The molecule has 0 aromatic rings. The number of hydrogen-bond acceptors (Lipinski definition) is 2. The summed E-state index contributed by atoms with van der Waals surface area (Å²) in [5.74, 6) is 0.897. The predicted molar refractivity (Wildman–Crippen MR) is 51.1 cm³/mol. The van der Waals surface area contributed by atoms with Crippen molar-refractivity contribution >= 4 is 0 Å². The molecule has 12 heavy (non-hydrogen) atoms. The maximum atomic E-state index is 9.19. The molecule has 0 saturated carbocycles. The van der Waals surface area contributed by atoms with Gasteiger partial charge in [-0.2, -0.15) is 0 Å². The van der Waals surface area contributed by atoms with E-state index in [1.54, 1.807) is 0 Å². The molecular formula is C10H21NO. The van der Waals surface area contributed by atoms with Gasteiger partial charge in [0.15, 0.2) is 0 Å². The molecule has 2 atom stereocenters. The lowest BCUT2D eigenvalue weighted by Crippen LogP contribution is -2.28. The summed E-state index contributed by atoms with van der Waals surface area (Å²) in [4.78, 5) is 2.38. The molecule has 2 nitrogen and oxygen atoms in total. The van der Waals surface area contributed by atoms with Crippen LogP contribution < -0.4 is 0 Å². The molecule has 0 radical (unpaired) electrons. The monoisotopic (exact) mass is 171 g/mol. The topological polar surface area (TPSA) is 23.5 Å². The van der Waals surface area contributed by atoms with Crippen molar-refractivity contribution in [3.63, 3.8) is 0 Å². The minimum atomic E-state index is -0.162. The summed E-state index contributed by atoms with van der Waals surface area (Å²) in [5, 5.41) is 9.19. The highest BCUT2D eigenvalue weighted by Crippen LogP contribution is 2.20. The number of likely N-dealkylation sites (tertiary alicyclic amines) is 1. The fourth-order valence-corrected chi connectivity index (χ4v) is 2.10. The SMILES string of the molecule is CCCC1CCN(CC(C)O)C1. The van der Waals surface area contributed by atoms with Crippen molar-refractivity contribution in [1.82, 2.24) is 4.90 Å². The number of β-amino-alcohol motifs (C(OH)–C–C–N with tert-alkyl or cyclic N) is 1. The molecule has 1 rings (SSSR count). The number of nitrogens with zero attached hydrogens (tertiary/aromatic N) is 1. The molecule has 0 aromatic carbocycles. The second kappa shape index (κ2) is 4.83. The number of hydrogen-bond donors (Lipinski definition) is 1. The molecule has 2 unspecified atom stereocenters. The maximum absolute atomic E-state index is 9.19. The van der Waals surface area contributed by atoms with Gasteiger partial charge in [-0.25, -0.2) is 0 Å². The summed E-state index contributed by atoms with van der Waals surface area (Å²) in [7, 11) is 0. The third-order valence-electron chi connectivity index (χ3n) is 2.59. The average Bonchev–Trinajstić information content (AvgIpc) is 2.36. The van der Waals surface area contributed by atoms with E-state index in [-0.39, 0.29) is 6.10 Å². The minimum Gasteiger partial charge on any atom is -0.392 e. The zero-order valence-electron chi connectivity index (χ0n) is 8.29. The van der Waals surface area contributed by atoms with Crippen LogP contribution in [0.1, 0.15) is 33.1 Å². The van der Waals surface area contributed by atoms with Gasteiger partial charge in [-0.1, -0.05) is 13.3 Å². The molecule has 1 aliphatic heterocycles. The van der Waals surface area contributed by atoms with Gasteiger partial charge in [-0.05, 0) is 32.2 Å². The van der Waals surface area contributed by atoms with Crippen LogP contribution in [0.3, 0.4) is 0 Å². The molecule has 0 bridgehead atoms. The highest BCUT2D eigenvalue weighted by atomic mass is 16.3. The average molecular weight is 171 g/mol. The number of rotatable bonds is 4. The van der Waals surface area contributed by atoms with E-state index in [4.69, 9.17) is 0 Å². The van der Waals surface area contributed by atoms with Gasteiger partial charge in [0.25, 0.3) is 0 Å². The van der Waals surface area contributed by atoms with Gasteiger partial charge in [-0.15, -0.1) is 0 Å². The van der Waals surface area contributed by atoms with Gasteiger partial charge in [0.05, 0.1) is 6.10 Å². The molecule has 1 fully saturated rings. The van der Waals surface area contributed by atoms with Crippen molar-refractivity contribution in [3.8, 4) is 0 Å². The van der Waals surface area contributed by atoms with Gasteiger partial charge in [0.1, 0.15) is 0 Å². The van der Waals surface area contributed by atoms with Crippen LogP contribution in [0.15, 0.2) is 0 Å². The van der Waals surface area contributed by atoms with Gasteiger partial charge < -0.3 is 10.0 Å². The van der Waals surface area contributed by atoms with Crippen LogP contribution >= 0.6 is 0 Å². The van der Waals surface area contributed by atoms with Crippen LogP contribution in [0.25, 0.3) is 0 Å². The Balaban J connectivity index is 2.16. The van der Waals surface area contributed by atoms with Crippen molar-refractivity contribution in [2.45, 2.75) is 39.2 Å². The van der Waals surface area contributed by atoms with Gasteiger partial charge in [0, 0.05) is 13.1 Å². The highest BCUT2D eigenvalue weighted by Gasteiger charge is 2.21. The van der Waals surface area contributed by atoms with Crippen molar-refractivity contribution in [2.75, 3.05) is 19.6 Å². The van der Waals surface area contributed by atoms with Crippen LogP contribution in [0.4, 0.5) is 0 Å². The smallest absolute Gasteiger partial charge is 0.0639 e. The first-order valence-electron chi connectivity index (χ1n) is 5.12. The van der Waals surface area contributed by atoms with Crippen molar-refractivity contribution < 1.29 is 5.11 Å². The first-order valence-corrected chi connectivity index (χ1v) is 5.12. The molecule has 0 aliphatic carbocycles. The Labute approximate surface area is 75.6 Å². The van der Waals surface area contributed by atoms with E-state index in [0.29, 0.717) is 0 Å². The third-order valence-corrected chi connectivity index (χ3v) is 2.59. The second-order valence-corrected chi connectivity index (χ2v) is 4.05. The van der Waals surface area contributed by atoms with Crippen molar-refractivity contribution in [1.29, 1.82) is 0 Å². The summed E-state index contributed by atoms with van der Waals surface area (Å²) in [5.41, 5.74) is 0. The van der Waals surface area contributed by atoms with E-state index >= 15 is 0 Å². The molecule has 1 aliphatic rings. The fourth-order valence-electron chi connectivity index (χ4n) is 2.10. The Bertz CT molecular complexity index is 125. The van der Waals surface area contributed by atoms with Gasteiger partial charge in [-0.3, -0.25) is 0 Å². The van der Waals surface area contributed by atoms with Crippen LogP contribution in [-0.4, -0.2) is 35.7 Å². The van der Waals surface area contributed by atoms with E-state index < -0.39 is 0 Å². The highest BCUT2D eigenvalue weighted by molar-refractivity contribution is 4.76. The number of aliphatic hydroxyl groups is 1. The summed E-state index contributed by atoms with van der Waals surface area (Å²) < 4.78 is 0. The normalized spacial score (nSPS) is 27.8. The molecule has 1 heterocycles. The Morgan fingerprint density at radius 2 is 2.33 bits per heavy atom. The number of aliphatic hydroxyl groups excluding tert-OH is 1. The van der Waals surface area contributed by atoms with E-state index in [0.717, 1.165) is 12.5 Å². The molecular weight excluding hydrogens is 150 g/mol. The summed E-state index contributed by atoms with van der Waals surface area (Å²) in [6, 6.07) is 0. The quantitative estimate of drug-likeness (QED) is 0.692. The Hall–Kier alpha value is -0.0800. The molecule has 2 heteroatoms. The van der Waals surface area contributed by atoms with E-state index in [1.165, 1.54) is 32.4 Å². The molecule has 0 amide bonds. The summed E-state index contributed by atoms with van der Waals surface area (Å²) >= 11 is 0. The largest absolute Gasteiger partial charge is 0.392 e. The van der Waals surface area contributed by atoms with Crippen LogP contribution in [-0.2, 0) is 0 Å². The van der Waals surface area contributed by atoms with Crippen molar-refractivity contribution in [2.24, 2.45) is 5.92 Å². The van der Waals surface area contributed by atoms with Gasteiger partial charge >= 0.3 is 0 Å². The van der Waals surface area contributed by atoms with Crippen LogP contribution in [0.5, 0.6) is 0 Å². The molecule has 1 N–H and O–H groups in total. The fraction of sp³-hybridized carbons (Fsp3) is 1.00. The lowest BCUT2D eigenvalue weighted by molar-refractivity contribution is 0.138. The van der Waals surface area contributed by atoms with Gasteiger partial charge in [0.2, 0.25) is 0 Å². The summed E-state index contributed by atoms with van der Waals surface area (Å²) in [6.45, 7) is 7.37. The Morgan fingerprint density at radius 3 is 2.92 bits per heavy atom. The minimum absolute atomic E-state index is 0.162. The lowest BCUT2D eigenvalue weighted by atomic mass is 10.0. The molecule has 0 aromatic heterocycles. The zero-order valence-corrected chi connectivity index (χ0v) is 8.29. The Morgan fingerprint density at radius 1 is 1.58 bits per heavy atom. The predicted octanol–water partition coefficient (Wildman–Crippen LogP) is 1.49. The first-order chi connectivity index (χ1) is 5.72. The second-order valence-electron chi connectivity index (χ2n) is 4.05. The Kier molecular flexibility index (Phi) is 4.02. The third kappa shape index (κ3) is 3.11. The van der Waals surface area contributed by atoms with E-state index in [9.17, 15) is 5.11 Å². The van der Waals surface area contributed by atoms with Crippen LogP contribution in [0.2, 0.25) is 0 Å². The zero-order chi connectivity index (χ0) is 8.97. The molecule has 72 valence electrons. The first kappa shape index (κ1) is 10.0. The van der Waals surface area contributed by atoms with Crippen LogP contribution in [0, 0.1) is 5.92 Å². The van der Waals surface area contributed by atoms with E-state index in [1.807, 2.05) is 6.92 Å². The molecule has 1 saturated heterocycles. The maximum Gasteiger partial charge on any atom is 0.0639 e.